The molecule has 3 unspecified atom stereocenters. The van der Waals surface area contributed by atoms with E-state index in [4.69, 9.17) is 4.74 Å². The number of hydrogen-bond donors (Lipinski definition) is 3. The first-order chi connectivity index (χ1) is 15.7. The van der Waals surface area contributed by atoms with Crippen molar-refractivity contribution in [2.45, 2.75) is 62.6 Å². The highest BCUT2D eigenvalue weighted by Crippen LogP contribution is 2.60. The monoisotopic (exact) mass is 521 g/mol. The summed E-state index contributed by atoms with van der Waals surface area (Å²) in [6, 6.07) is 4.94. The van der Waals surface area contributed by atoms with Crippen molar-refractivity contribution in [2.24, 2.45) is 11.8 Å². The molecule has 0 aliphatic carbocycles. The number of nitrogens with one attached hydrogen (secondary N) is 2. The number of carbonyl (C=O) groups is 3. The van der Waals surface area contributed by atoms with Crippen LogP contribution in [0.1, 0.15) is 37.3 Å². The number of likely N-dealkylation sites (tertiary alicyclic amines) is 1. The number of rotatable bonds is 8. The van der Waals surface area contributed by atoms with Gasteiger partial charge in [0, 0.05) is 30.2 Å². The van der Waals surface area contributed by atoms with Crippen molar-refractivity contribution >= 4 is 39.3 Å². The van der Waals surface area contributed by atoms with Crippen LogP contribution in [0.15, 0.2) is 18.2 Å². The van der Waals surface area contributed by atoms with Gasteiger partial charge in [-0.2, -0.15) is 0 Å². The molecular formula is C24H32BrN3O5. The lowest BCUT2D eigenvalue weighted by atomic mass is 9.70. The maximum absolute atomic E-state index is 13.7. The summed E-state index contributed by atoms with van der Waals surface area (Å²) in [7, 11) is 0. The molecule has 1 aromatic rings. The molecule has 0 saturated carbocycles. The molecule has 3 aliphatic rings. The number of hydrogen-bond acceptors (Lipinski definition) is 5. The lowest BCUT2D eigenvalue weighted by molar-refractivity contribution is -0.140. The number of nitrogens with zero attached hydrogens (tertiary/aromatic N) is 1. The Hall–Kier alpha value is -1.97. The number of alkyl halides is 1. The van der Waals surface area contributed by atoms with Crippen LogP contribution in [0.2, 0.25) is 0 Å². The zero-order chi connectivity index (χ0) is 23.9. The molecule has 3 saturated heterocycles. The fourth-order valence-corrected chi connectivity index (χ4v) is 6.59. The zero-order valence-electron chi connectivity index (χ0n) is 19.3. The second-order valence-electron chi connectivity index (χ2n) is 9.37. The van der Waals surface area contributed by atoms with Crippen LogP contribution >= 0.6 is 15.9 Å². The van der Waals surface area contributed by atoms with Crippen LogP contribution in [0.4, 0.5) is 5.69 Å². The van der Waals surface area contributed by atoms with E-state index < -0.39 is 29.6 Å². The van der Waals surface area contributed by atoms with Gasteiger partial charge in [0.2, 0.25) is 17.7 Å². The van der Waals surface area contributed by atoms with Crippen LogP contribution in [0.25, 0.3) is 0 Å². The lowest BCUT2D eigenvalue weighted by Gasteiger charge is -2.34. The van der Waals surface area contributed by atoms with E-state index in [2.05, 4.69) is 26.6 Å². The number of fused-ring (bicyclic) bond motifs is 1. The minimum Gasteiger partial charge on any atom is -0.396 e. The fourth-order valence-electron chi connectivity index (χ4n) is 5.65. The molecule has 8 nitrogen and oxygen atoms in total. The molecular weight excluding hydrogens is 490 g/mol. The van der Waals surface area contributed by atoms with E-state index in [1.54, 1.807) is 0 Å². The molecule has 0 radical (unpaired) electrons. The molecule has 9 heteroatoms. The van der Waals surface area contributed by atoms with Gasteiger partial charge in [-0.3, -0.25) is 14.4 Å². The Bertz CT molecular complexity index is 956. The predicted molar refractivity (Wildman–Crippen MR) is 127 cm³/mol. The Morgan fingerprint density at radius 1 is 1.30 bits per heavy atom. The van der Waals surface area contributed by atoms with Crippen LogP contribution in [-0.4, -0.2) is 70.0 Å². The van der Waals surface area contributed by atoms with Gasteiger partial charge in [0.15, 0.2) is 0 Å². The molecule has 180 valence electrons. The lowest BCUT2D eigenvalue weighted by Crippen LogP contribution is -2.54. The number of anilines is 1. The summed E-state index contributed by atoms with van der Waals surface area (Å²) in [4.78, 5) is 41.8. The van der Waals surface area contributed by atoms with Gasteiger partial charge in [-0.25, -0.2) is 0 Å². The minimum absolute atomic E-state index is 0.0995. The SMILES string of the molecule is CCCNC(=O)[C@H]1[C@H]2C(=O)N(CCCO)C(C(=O)Nc3cc(C)ccc3C)C23CC(Br)[C@@H]1O3. The smallest absolute Gasteiger partial charge is 0.250 e. The first-order valence-electron chi connectivity index (χ1n) is 11.6. The van der Waals surface area contributed by atoms with Gasteiger partial charge in [-0.05, 0) is 50.3 Å². The summed E-state index contributed by atoms with van der Waals surface area (Å²) in [5.41, 5.74) is 1.54. The summed E-state index contributed by atoms with van der Waals surface area (Å²) >= 11 is 3.65. The second kappa shape index (κ2) is 9.35. The molecule has 4 rings (SSSR count). The molecule has 3 amide bonds. The summed E-state index contributed by atoms with van der Waals surface area (Å²) in [6.07, 6.45) is 1.13. The Balaban J connectivity index is 1.70. The van der Waals surface area contributed by atoms with E-state index in [1.807, 2.05) is 39.0 Å². The van der Waals surface area contributed by atoms with E-state index in [0.717, 1.165) is 17.5 Å². The number of amides is 3. The van der Waals surface area contributed by atoms with Gasteiger partial charge in [-0.15, -0.1) is 0 Å². The van der Waals surface area contributed by atoms with Crippen LogP contribution in [0, 0.1) is 25.7 Å². The van der Waals surface area contributed by atoms with Gasteiger partial charge < -0.3 is 25.4 Å². The average molecular weight is 522 g/mol. The van der Waals surface area contributed by atoms with Crippen molar-refractivity contribution in [3.8, 4) is 0 Å². The molecule has 2 bridgehead atoms. The molecule has 1 spiro atoms. The molecule has 3 N–H and O–H groups in total. The van der Waals surface area contributed by atoms with E-state index in [-0.39, 0.29) is 35.7 Å². The highest BCUT2D eigenvalue weighted by molar-refractivity contribution is 9.09. The fraction of sp³-hybridized carbons (Fsp3) is 0.625. The number of carbonyl (C=O) groups excluding carboxylic acids is 3. The molecule has 33 heavy (non-hydrogen) atoms. The molecule has 1 aromatic carbocycles. The van der Waals surface area contributed by atoms with E-state index >= 15 is 0 Å². The van der Waals surface area contributed by atoms with Crippen molar-refractivity contribution in [2.75, 3.05) is 25.0 Å². The van der Waals surface area contributed by atoms with E-state index in [0.29, 0.717) is 25.1 Å². The second-order valence-corrected chi connectivity index (χ2v) is 10.5. The third-order valence-electron chi connectivity index (χ3n) is 7.10. The predicted octanol–water partition coefficient (Wildman–Crippen LogP) is 1.90. The van der Waals surface area contributed by atoms with Crippen molar-refractivity contribution in [1.82, 2.24) is 10.2 Å². The van der Waals surface area contributed by atoms with Gasteiger partial charge in [0.05, 0.1) is 17.9 Å². The van der Waals surface area contributed by atoms with Crippen LogP contribution in [0.5, 0.6) is 0 Å². The number of aryl methyl sites for hydroxylation is 2. The quantitative estimate of drug-likeness (QED) is 0.452. The number of aliphatic hydroxyl groups excluding tert-OH is 1. The highest BCUT2D eigenvalue weighted by Gasteiger charge is 2.76. The van der Waals surface area contributed by atoms with Crippen molar-refractivity contribution in [3.63, 3.8) is 0 Å². The van der Waals surface area contributed by atoms with Crippen LogP contribution < -0.4 is 10.6 Å². The first kappa shape index (κ1) is 24.2. The van der Waals surface area contributed by atoms with E-state index in [9.17, 15) is 19.5 Å². The Kier molecular flexibility index (Phi) is 6.85. The van der Waals surface area contributed by atoms with E-state index in [1.165, 1.54) is 4.90 Å². The van der Waals surface area contributed by atoms with Gasteiger partial charge in [-0.1, -0.05) is 35.0 Å². The van der Waals surface area contributed by atoms with Gasteiger partial charge >= 0.3 is 0 Å². The molecule has 3 fully saturated rings. The highest BCUT2D eigenvalue weighted by atomic mass is 79.9. The number of ether oxygens (including phenoxy) is 1. The Morgan fingerprint density at radius 2 is 2.06 bits per heavy atom. The summed E-state index contributed by atoms with van der Waals surface area (Å²) in [6.45, 7) is 6.48. The molecule has 3 heterocycles. The minimum atomic E-state index is -1.08. The Labute approximate surface area is 202 Å². The number of benzene rings is 1. The van der Waals surface area contributed by atoms with Crippen LogP contribution in [0.3, 0.4) is 0 Å². The summed E-state index contributed by atoms with van der Waals surface area (Å²) in [5, 5.41) is 15.3. The maximum Gasteiger partial charge on any atom is 0.250 e. The van der Waals surface area contributed by atoms with Crippen molar-refractivity contribution < 1.29 is 24.2 Å². The Morgan fingerprint density at radius 3 is 2.76 bits per heavy atom. The third kappa shape index (κ3) is 3.98. The topological polar surface area (TPSA) is 108 Å². The molecule has 0 aromatic heterocycles. The van der Waals surface area contributed by atoms with Gasteiger partial charge in [0.25, 0.3) is 0 Å². The molecule has 6 atom stereocenters. The largest absolute Gasteiger partial charge is 0.396 e. The maximum atomic E-state index is 13.7. The molecule has 3 aliphatic heterocycles. The summed E-state index contributed by atoms with van der Waals surface area (Å²) < 4.78 is 6.42. The van der Waals surface area contributed by atoms with Crippen molar-refractivity contribution in [3.05, 3.63) is 29.3 Å². The average Bonchev–Trinajstić information content (AvgIpc) is 3.36. The third-order valence-corrected chi connectivity index (χ3v) is 7.94. The standard InChI is InChI=1S/C24H32BrN3O5/c1-4-8-26-21(30)17-18-23(32)28(9-5-10-29)20(24(18)12-15(25)19(17)33-24)22(31)27-16-11-13(2)6-7-14(16)3/h6-7,11,15,17-20,29H,4-5,8-10,12H2,1-3H3,(H,26,30)(H,27,31)/t15?,17-,18-,19-,20?,24?/m0/s1. The number of halogens is 1. The first-order valence-corrected chi connectivity index (χ1v) is 12.6. The van der Waals surface area contributed by atoms with Crippen molar-refractivity contribution in [1.29, 1.82) is 0 Å². The van der Waals surface area contributed by atoms with Crippen LogP contribution in [-0.2, 0) is 19.1 Å². The summed E-state index contributed by atoms with van der Waals surface area (Å²) in [5.74, 6) is -2.15. The van der Waals surface area contributed by atoms with Gasteiger partial charge in [0.1, 0.15) is 11.6 Å². The zero-order valence-corrected chi connectivity index (χ0v) is 20.9. The normalized spacial score (nSPS) is 32.2. The number of aliphatic hydroxyl groups is 1.